The van der Waals surface area contributed by atoms with Crippen LogP contribution in [0.4, 0.5) is 0 Å². The summed E-state index contributed by atoms with van der Waals surface area (Å²) in [5, 5.41) is 3.12. The van der Waals surface area contributed by atoms with Crippen LogP contribution in [0.15, 0.2) is 0 Å². The number of esters is 1. The molecule has 0 rings (SSSR count). The van der Waals surface area contributed by atoms with Crippen LogP contribution < -0.4 is 5.32 Å². The average molecular weight is 201 g/mol. The summed E-state index contributed by atoms with van der Waals surface area (Å²) >= 11 is 0. The summed E-state index contributed by atoms with van der Waals surface area (Å²) < 4.78 is 4.82. The molecule has 1 N–H and O–H groups in total. The molecule has 84 valence electrons. The second-order valence-corrected chi connectivity index (χ2v) is 4.32. The molecular weight excluding hydrogens is 178 g/mol. The second kappa shape index (κ2) is 6.82. The lowest BCUT2D eigenvalue weighted by Gasteiger charge is -2.24. The zero-order valence-electron chi connectivity index (χ0n) is 9.85. The molecule has 0 aliphatic heterocycles. The van der Waals surface area contributed by atoms with Gasteiger partial charge in [0.2, 0.25) is 0 Å². The van der Waals surface area contributed by atoms with E-state index in [0.717, 1.165) is 6.54 Å². The molecular formula is C11H23NO2. The Morgan fingerprint density at radius 2 is 2.00 bits per heavy atom. The normalized spacial score (nSPS) is 11.4. The van der Waals surface area contributed by atoms with Gasteiger partial charge < -0.3 is 10.1 Å². The summed E-state index contributed by atoms with van der Waals surface area (Å²) in [5.74, 6) is -0.167. The largest absolute Gasteiger partial charge is 0.465 e. The minimum atomic E-state index is -0.167. The molecule has 0 amide bonds. The van der Waals surface area contributed by atoms with E-state index in [1.54, 1.807) is 0 Å². The van der Waals surface area contributed by atoms with Crippen LogP contribution >= 0.6 is 0 Å². The van der Waals surface area contributed by atoms with Gasteiger partial charge in [-0.15, -0.1) is 0 Å². The van der Waals surface area contributed by atoms with E-state index in [0.29, 0.717) is 13.2 Å². The van der Waals surface area contributed by atoms with Gasteiger partial charge >= 0.3 is 5.97 Å². The Hall–Kier alpha value is -0.570. The minimum absolute atomic E-state index is 0.167. The van der Waals surface area contributed by atoms with Crippen LogP contribution in [0, 0.1) is 5.41 Å². The highest BCUT2D eigenvalue weighted by Crippen LogP contribution is 2.20. The first-order valence-electron chi connectivity index (χ1n) is 5.38. The number of nitrogens with one attached hydrogen (secondary N) is 1. The Morgan fingerprint density at radius 1 is 1.36 bits per heavy atom. The van der Waals surface area contributed by atoms with E-state index in [2.05, 4.69) is 26.1 Å². The Bertz CT molecular complexity index is 167. The van der Waals surface area contributed by atoms with E-state index in [-0.39, 0.29) is 11.4 Å². The Morgan fingerprint density at radius 3 is 2.50 bits per heavy atom. The van der Waals surface area contributed by atoms with Gasteiger partial charge in [-0.2, -0.15) is 0 Å². The SMILES string of the molecule is CCCC(C)(C)CNCC(=O)OCC. The van der Waals surface area contributed by atoms with E-state index < -0.39 is 0 Å². The predicted octanol–water partition coefficient (Wildman–Crippen LogP) is 1.97. The van der Waals surface area contributed by atoms with Gasteiger partial charge in [0.1, 0.15) is 0 Å². The van der Waals surface area contributed by atoms with Gasteiger partial charge in [0.25, 0.3) is 0 Å². The molecule has 0 unspecified atom stereocenters. The van der Waals surface area contributed by atoms with Crippen LogP contribution in [0.2, 0.25) is 0 Å². The molecule has 3 nitrogen and oxygen atoms in total. The van der Waals surface area contributed by atoms with Crippen LogP contribution in [-0.2, 0) is 9.53 Å². The molecule has 0 radical (unpaired) electrons. The summed E-state index contributed by atoms with van der Waals surface area (Å²) in [6, 6.07) is 0. The molecule has 0 fully saturated rings. The van der Waals surface area contributed by atoms with Crippen LogP contribution in [0.25, 0.3) is 0 Å². The maximum Gasteiger partial charge on any atom is 0.319 e. The molecule has 3 heteroatoms. The molecule has 0 saturated carbocycles. The van der Waals surface area contributed by atoms with Crippen molar-refractivity contribution in [3.63, 3.8) is 0 Å². The van der Waals surface area contributed by atoms with Gasteiger partial charge in [-0.3, -0.25) is 4.79 Å². The summed E-state index contributed by atoms with van der Waals surface area (Å²) in [7, 11) is 0. The van der Waals surface area contributed by atoms with E-state index in [1.807, 2.05) is 6.92 Å². The fourth-order valence-corrected chi connectivity index (χ4v) is 1.48. The topological polar surface area (TPSA) is 38.3 Å². The van der Waals surface area contributed by atoms with E-state index in [4.69, 9.17) is 4.74 Å². The first-order chi connectivity index (χ1) is 6.52. The number of hydrogen-bond donors (Lipinski definition) is 1. The summed E-state index contributed by atoms with van der Waals surface area (Å²) in [4.78, 5) is 11.0. The Kier molecular flexibility index (Phi) is 6.54. The third-order valence-electron chi connectivity index (χ3n) is 2.10. The quantitative estimate of drug-likeness (QED) is 0.640. The van der Waals surface area contributed by atoms with Crippen molar-refractivity contribution in [2.24, 2.45) is 5.41 Å². The van der Waals surface area contributed by atoms with Gasteiger partial charge in [-0.05, 0) is 18.8 Å². The first-order valence-corrected chi connectivity index (χ1v) is 5.38. The van der Waals surface area contributed by atoms with Crippen molar-refractivity contribution >= 4 is 5.97 Å². The number of rotatable bonds is 7. The fraction of sp³-hybridized carbons (Fsp3) is 0.909. The monoisotopic (exact) mass is 201 g/mol. The van der Waals surface area contributed by atoms with Crippen molar-refractivity contribution in [2.75, 3.05) is 19.7 Å². The van der Waals surface area contributed by atoms with Crippen molar-refractivity contribution in [2.45, 2.75) is 40.5 Å². The van der Waals surface area contributed by atoms with Crippen molar-refractivity contribution < 1.29 is 9.53 Å². The van der Waals surface area contributed by atoms with Crippen molar-refractivity contribution in [3.8, 4) is 0 Å². The zero-order chi connectivity index (χ0) is 11.0. The lowest BCUT2D eigenvalue weighted by Crippen LogP contribution is -2.33. The van der Waals surface area contributed by atoms with Gasteiger partial charge in [0, 0.05) is 6.54 Å². The van der Waals surface area contributed by atoms with E-state index in [9.17, 15) is 4.79 Å². The lowest BCUT2D eigenvalue weighted by atomic mass is 9.88. The number of carbonyl (C=O) groups is 1. The number of hydrogen-bond acceptors (Lipinski definition) is 3. The van der Waals surface area contributed by atoms with Gasteiger partial charge in [0.15, 0.2) is 0 Å². The van der Waals surface area contributed by atoms with Crippen LogP contribution in [0.5, 0.6) is 0 Å². The lowest BCUT2D eigenvalue weighted by molar-refractivity contribution is -0.142. The molecule has 0 aromatic carbocycles. The molecule has 0 aliphatic carbocycles. The predicted molar refractivity (Wildman–Crippen MR) is 58.2 cm³/mol. The minimum Gasteiger partial charge on any atom is -0.465 e. The standard InChI is InChI=1S/C11H23NO2/c1-5-7-11(3,4)9-12-8-10(13)14-6-2/h12H,5-9H2,1-4H3. The first kappa shape index (κ1) is 13.4. The molecule has 0 saturated heterocycles. The number of carbonyl (C=O) groups excluding carboxylic acids is 1. The highest BCUT2D eigenvalue weighted by atomic mass is 16.5. The fourth-order valence-electron chi connectivity index (χ4n) is 1.48. The molecule has 0 heterocycles. The summed E-state index contributed by atoms with van der Waals surface area (Å²) in [6.07, 6.45) is 2.34. The molecule has 0 atom stereocenters. The number of ether oxygens (including phenoxy) is 1. The zero-order valence-corrected chi connectivity index (χ0v) is 9.85. The van der Waals surface area contributed by atoms with Gasteiger partial charge in [-0.1, -0.05) is 27.2 Å². The molecule has 0 bridgehead atoms. The third-order valence-corrected chi connectivity index (χ3v) is 2.10. The van der Waals surface area contributed by atoms with E-state index in [1.165, 1.54) is 12.8 Å². The molecule has 0 spiro atoms. The second-order valence-electron chi connectivity index (χ2n) is 4.32. The van der Waals surface area contributed by atoms with Crippen LogP contribution in [-0.4, -0.2) is 25.7 Å². The molecule has 0 aliphatic rings. The maximum atomic E-state index is 11.0. The van der Waals surface area contributed by atoms with Crippen LogP contribution in [0.3, 0.4) is 0 Å². The molecule has 0 aromatic rings. The average Bonchev–Trinajstić information content (AvgIpc) is 2.03. The van der Waals surface area contributed by atoms with Gasteiger partial charge in [0.05, 0.1) is 13.2 Å². The Labute approximate surface area is 87.2 Å². The van der Waals surface area contributed by atoms with E-state index >= 15 is 0 Å². The summed E-state index contributed by atoms with van der Waals surface area (Å²) in [6.45, 7) is 10.0. The third kappa shape index (κ3) is 6.89. The Balaban J connectivity index is 3.57. The van der Waals surface area contributed by atoms with Crippen molar-refractivity contribution in [1.82, 2.24) is 5.32 Å². The molecule has 14 heavy (non-hydrogen) atoms. The van der Waals surface area contributed by atoms with Gasteiger partial charge in [-0.25, -0.2) is 0 Å². The van der Waals surface area contributed by atoms with Crippen LogP contribution in [0.1, 0.15) is 40.5 Å². The highest BCUT2D eigenvalue weighted by Gasteiger charge is 2.16. The van der Waals surface area contributed by atoms with Crippen molar-refractivity contribution in [3.05, 3.63) is 0 Å². The summed E-state index contributed by atoms with van der Waals surface area (Å²) in [5.41, 5.74) is 0.265. The van der Waals surface area contributed by atoms with Crippen molar-refractivity contribution in [1.29, 1.82) is 0 Å². The highest BCUT2D eigenvalue weighted by molar-refractivity contribution is 5.71. The smallest absolute Gasteiger partial charge is 0.319 e. The molecule has 0 aromatic heterocycles. The maximum absolute atomic E-state index is 11.0.